The fourth-order valence-electron chi connectivity index (χ4n) is 3.19. The van der Waals surface area contributed by atoms with E-state index in [2.05, 4.69) is 5.10 Å². The summed E-state index contributed by atoms with van der Waals surface area (Å²) in [4.78, 5) is 1.31. The second-order valence-electron chi connectivity index (χ2n) is 6.69. The van der Waals surface area contributed by atoms with Crippen LogP contribution in [-0.4, -0.2) is 42.3 Å². The Balaban J connectivity index is 1.69. The molecule has 3 atom stereocenters. The van der Waals surface area contributed by atoms with Crippen LogP contribution >= 0.6 is 12.2 Å². The lowest BCUT2D eigenvalue weighted by Gasteiger charge is -2.22. The van der Waals surface area contributed by atoms with Crippen molar-refractivity contribution >= 4 is 22.1 Å². The first-order chi connectivity index (χ1) is 12.8. The van der Waals surface area contributed by atoms with Gasteiger partial charge in [-0.3, -0.25) is 0 Å². The molecule has 10 heteroatoms. The molecule has 0 saturated carbocycles. The summed E-state index contributed by atoms with van der Waals surface area (Å²) in [5.74, 6) is 0.904. The van der Waals surface area contributed by atoms with Crippen LogP contribution in [0, 0.1) is 10.7 Å². The molecule has 148 valence electrons. The average Bonchev–Trinajstić information content (AvgIpc) is 3.17. The molecule has 1 aromatic carbocycles. The van der Waals surface area contributed by atoms with Crippen LogP contribution in [0.1, 0.15) is 32.3 Å². The summed E-state index contributed by atoms with van der Waals surface area (Å²) in [7, 11) is -2.95. The van der Waals surface area contributed by atoms with Crippen LogP contribution in [0.4, 0.5) is 4.39 Å². The number of nitrogens with one attached hydrogen (secondary N) is 1. The molecule has 2 aromatic rings. The van der Waals surface area contributed by atoms with Gasteiger partial charge in [-0.15, -0.1) is 5.10 Å². The molecule has 1 aliphatic heterocycles. The number of ether oxygens (including phenoxy) is 1. The van der Waals surface area contributed by atoms with E-state index in [0.717, 1.165) is 11.4 Å². The molecule has 1 fully saturated rings. The largest absolute Gasteiger partial charge is 0.481 e. The molecule has 0 radical (unpaired) electrons. The molecule has 2 heterocycles. The Morgan fingerprint density at radius 2 is 2.15 bits per heavy atom. The standard InChI is InChI=1S/C17H22FN3O4S2/c1-3-20(14-8-9-27(22,23)10-14)11-21-17(26)25-16(19-21)12(2)24-15-6-4-13(18)5-7-15/h4-7,12,14H,3,8-11H2,1-2H3/p+1/t12-,14-/m1/s1. The van der Waals surface area contributed by atoms with Crippen molar-refractivity contribution in [2.24, 2.45) is 0 Å². The van der Waals surface area contributed by atoms with Gasteiger partial charge in [0, 0.05) is 6.42 Å². The van der Waals surface area contributed by atoms with E-state index in [1.54, 1.807) is 11.6 Å². The van der Waals surface area contributed by atoms with E-state index in [0.29, 0.717) is 24.7 Å². The average molecular weight is 417 g/mol. The number of halogens is 1. The van der Waals surface area contributed by atoms with Crippen molar-refractivity contribution in [3.63, 3.8) is 0 Å². The van der Waals surface area contributed by atoms with E-state index in [-0.39, 0.29) is 28.2 Å². The van der Waals surface area contributed by atoms with Crippen LogP contribution < -0.4 is 9.64 Å². The van der Waals surface area contributed by atoms with Gasteiger partial charge in [-0.05, 0) is 50.3 Å². The van der Waals surface area contributed by atoms with Gasteiger partial charge in [0.1, 0.15) is 23.4 Å². The fourth-order valence-corrected chi connectivity index (χ4v) is 5.21. The number of aromatic nitrogens is 2. The Hall–Kier alpha value is -1.78. The molecular weight excluding hydrogens is 393 g/mol. The second-order valence-corrected chi connectivity index (χ2v) is 9.27. The van der Waals surface area contributed by atoms with Crippen LogP contribution in [0.3, 0.4) is 0 Å². The molecular formula is C17H23FN3O4S2+. The molecule has 1 aliphatic rings. The summed E-state index contributed by atoms with van der Waals surface area (Å²) in [6, 6.07) is 5.72. The van der Waals surface area contributed by atoms with E-state index in [9.17, 15) is 12.8 Å². The van der Waals surface area contributed by atoms with Gasteiger partial charge in [0.25, 0.3) is 10.7 Å². The van der Waals surface area contributed by atoms with Crippen LogP contribution in [0.15, 0.2) is 28.7 Å². The van der Waals surface area contributed by atoms with Crippen molar-refractivity contribution in [3.05, 3.63) is 40.8 Å². The highest BCUT2D eigenvalue weighted by molar-refractivity contribution is 7.91. The molecule has 3 rings (SSSR count). The Morgan fingerprint density at radius 3 is 2.74 bits per heavy atom. The normalized spacial score (nSPS) is 21.1. The minimum atomic E-state index is -2.95. The number of hydrogen-bond donors (Lipinski definition) is 1. The monoisotopic (exact) mass is 416 g/mol. The lowest BCUT2D eigenvalue weighted by Crippen LogP contribution is -3.15. The lowest BCUT2D eigenvalue weighted by atomic mass is 10.2. The highest BCUT2D eigenvalue weighted by Gasteiger charge is 2.35. The Morgan fingerprint density at radius 1 is 1.44 bits per heavy atom. The first-order valence-corrected chi connectivity index (χ1v) is 11.1. The predicted molar refractivity (Wildman–Crippen MR) is 99.3 cm³/mol. The van der Waals surface area contributed by atoms with Crippen molar-refractivity contribution in [2.75, 3.05) is 18.1 Å². The van der Waals surface area contributed by atoms with E-state index in [1.807, 2.05) is 6.92 Å². The van der Waals surface area contributed by atoms with Gasteiger partial charge < -0.3 is 14.1 Å². The summed E-state index contributed by atoms with van der Waals surface area (Å²) in [5, 5.41) is 4.40. The summed E-state index contributed by atoms with van der Waals surface area (Å²) < 4.78 is 49.3. The van der Waals surface area contributed by atoms with Gasteiger partial charge in [0.15, 0.2) is 22.6 Å². The number of quaternary nitrogens is 1. The third-order valence-corrected chi connectivity index (χ3v) is 6.77. The zero-order valence-corrected chi connectivity index (χ0v) is 16.9. The van der Waals surface area contributed by atoms with Crippen LogP contribution in [0.25, 0.3) is 0 Å². The first-order valence-electron chi connectivity index (χ1n) is 8.82. The Kier molecular flexibility index (Phi) is 5.97. The van der Waals surface area contributed by atoms with Gasteiger partial charge in [0.05, 0.1) is 12.3 Å². The van der Waals surface area contributed by atoms with Crippen LogP contribution in [0.2, 0.25) is 0 Å². The van der Waals surface area contributed by atoms with Crippen molar-refractivity contribution in [2.45, 2.75) is 39.1 Å². The minimum Gasteiger partial charge on any atom is -0.481 e. The Labute approximate surface area is 162 Å². The topological polar surface area (TPSA) is 78.8 Å². The molecule has 0 spiro atoms. The van der Waals surface area contributed by atoms with Crippen LogP contribution in [-0.2, 0) is 16.5 Å². The van der Waals surface area contributed by atoms with Gasteiger partial charge in [-0.2, -0.15) is 4.68 Å². The number of sulfone groups is 1. The SMILES string of the molecule is CC[NH+](Cn1nc([C@@H](C)Oc2ccc(F)cc2)oc1=S)[C@@H]1CCS(=O)(=O)C1. The molecule has 1 aromatic heterocycles. The van der Waals surface area contributed by atoms with Gasteiger partial charge in [-0.25, -0.2) is 12.8 Å². The highest BCUT2D eigenvalue weighted by atomic mass is 32.2. The molecule has 0 amide bonds. The summed E-state index contributed by atoms with van der Waals surface area (Å²) in [5.41, 5.74) is 0. The van der Waals surface area contributed by atoms with Gasteiger partial charge >= 0.3 is 0 Å². The molecule has 1 saturated heterocycles. The highest BCUT2D eigenvalue weighted by Crippen LogP contribution is 2.21. The molecule has 0 aliphatic carbocycles. The van der Waals surface area contributed by atoms with Crippen molar-refractivity contribution in [1.82, 2.24) is 9.78 Å². The summed E-state index contributed by atoms with van der Waals surface area (Å²) >= 11 is 5.26. The van der Waals surface area contributed by atoms with Crippen molar-refractivity contribution < 1.29 is 26.9 Å². The number of hydrogen-bond acceptors (Lipinski definition) is 6. The fraction of sp³-hybridized carbons (Fsp3) is 0.529. The first kappa shape index (κ1) is 20.0. The Bertz CT molecular complexity index is 940. The van der Waals surface area contributed by atoms with Gasteiger partial charge in [-0.1, -0.05) is 0 Å². The van der Waals surface area contributed by atoms with Crippen molar-refractivity contribution in [3.8, 4) is 5.75 Å². The number of nitrogens with zero attached hydrogens (tertiary/aromatic N) is 2. The van der Waals surface area contributed by atoms with E-state index in [1.165, 1.54) is 24.3 Å². The zero-order chi connectivity index (χ0) is 19.6. The maximum absolute atomic E-state index is 13.0. The quantitative estimate of drug-likeness (QED) is 0.690. The molecule has 7 nitrogen and oxygen atoms in total. The minimum absolute atomic E-state index is 0.0370. The predicted octanol–water partition coefficient (Wildman–Crippen LogP) is 1.53. The smallest absolute Gasteiger partial charge is 0.292 e. The third kappa shape index (κ3) is 4.94. The lowest BCUT2D eigenvalue weighted by molar-refractivity contribution is -0.943. The molecule has 0 bridgehead atoms. The molecule has 1 unspecified atom stereocenters. The molecule has 1 N–H and O–H groups in total. The third-order valence-electron chi connectivity index (χ3n) is 4.71. The van der Waals surface area contributed by atoms with E-state index >= 15 is 0 Å². The second kappa shape index (κ2) is 8.07. The van der Waals surface area contributed by atoms with E-state index < -0.39 is 15.9 Å². The zero-order valence-electron chi connectivity index (χ0n) is 15.2. The van der Waals surface area contributed by atoms with Crippen LogP contribution in [0.5, 0.6) is 5.75 Å². The number of rotatable bonds is 7. The number of benzene rings is 1. The van der Waals surface area contributed by atoms with E-state index in [4.69, 9.17) is 21.4 Å². The van der Waals surface area contributed by atoms with Crippen molar-refractivity contribution in [1.29, 1.82) is 0 Å². The summed E-state index contributed by atoms with van der Waals surface area (Å²) in [6.07, 6.45) is 0.142. The van der Waals surface area contributed by atoms with Gasteiger partial charge in [0.2, 0.25) is 0 Å². The molecule has 27 heavy (non-hydrogen) atoms. The maximum Gasteiger partial charge on any atom is 0.292 e. The maximum atomic E-state index is 13.0. The summed E-state index contributed by atoms with van der Waals surface area (Å²) in [6.45, 7) is 4.96.